The molecule has 1 aromatic rings. The molecule has 0 radical (unpaired) electrons. The van der Waals surface area contributed by atoms with Crippen LogP contribution in [0.2, 0.25) is 0 Å². The molecule has 0 bridgehead atoms. The van der Waals surface area contributed by atoms with Crippen molar-refractivity contribution in [3.05, 3.63) is 132 Å². The Hall–Kier alpha value is -4.44. The fourth-order valence-corrected chi connectivity index (χ4v) is 4.78. The van der Waals surface area contributed by atoms with Crippen LogP contribution in [0.3, 0.4) is 0 Å². The second kappa shape index (κ2) is 19.1. The quantitative estimate of drug-likeness (QED) is 0.181. The second-order valence-electron chi connectivity index (χ2n) is 10.3. The van der Waals surface area contributed by atoms with Gasteiger partial charge in [0.2, 0.25) is 0 Å². The molecule has 0 spiro atoms. The van der Waals surface area contributed by atoms with Crippen LogP contribution >= 0.6 is 0 Å². The number of benzene rings is 1. The Morgan fingerprint density at radius 2 is 1.71 bits per heavy atom. The highest BCUT2D eigenvalue weighted by Crippen LogP contribution is 2.38. The number of alkyl halides is 3. The number of halogens is 3. The number of hydrogen-bond acceptors (Lipinski definition) is 4. The number of hydrogen-bond donors (Lipinski definition) is 2. The number of aliphatic hydroxyl groups is 1. The third kappa shape index (κ3) is 12.6. The van der Waals surface area contributed by atoms with Gasteiger partial charge in [0.25, 0.3) is 0 Å². The molecule has 1 aliphatic heterocycles. The van der Waals surface area contributed by atoms with E-state index in [1.54, 1.807) is 6.08 Å². The van der Waals surface area contributed by atoms with Crippen molar-refractivity contribution in [1.82, 2.24) is 0 Å². The summed E-state index contributed by atoms with van der Waals surface area (Å²) < 4.78 is 41.5. The van der Waals surface area contributed by atoms with Crippen LogP contribution in [-0.2, 0) is 11.2 Å². The largest absolute Gasteiger partial charge is 0.573 e. The first-order valence-corrected chi connectivity index (χ1v) is 14.9. The Kier molecular flexibility index (Phi) is 16.3. The zero-order chi connectivity index (χ0) is 34.2. The van der Waals surface area contributed by atoms with E-state index in [0.717, 1.165) is 28.9 Å². The van der Waals surface area contributed by atoms with Crippen LogP contribution < -0.4 is 5.73 Å². The predicted molar refractivity (Wildman–Crippen MR) is 182 cm³/mol. The van der Waals surface area contributed by atoms with E-state index >= 15 is 0 Å². The van der Waals surface area contributed by atoms with Gasteiger partial charge in [-0.25, -0.2) is 0 Å². The van der Waals surface area contributed by atoms with E-state index in [9.17, 15) is 18.3 Å². The third-order valence-electron chi connectivity index (χ3n) is 6.97. The minimum Gasteiger partial charge on any atom is -0.508 e. The van der Waals surface area contributed by atoms with E-state index < -0.39 is 6.36 Å². The van der Waals surface area contributed by atoms with Gasteiger partial charge in [-0.1, -0.05) is 87.2 Å². The fourth-order valence-electron chi connectivity index (χ4n) is 4.78. The van der Waals surface area contributed by atoms with E-state index in [2.05, 4.69) is 79.3 Å². The molecule has 0 saturated heterocycles. The van der Waals surface area contributed by atoms with Gasteiger partial charge < -0.3 is 15.6 Å². The Bertz CT molecular complexity index is 1420. The maximum atomic E-state index is 12.5. The number of rotatable bonds is 7. The molecule has 3 aliphatic rings. The van der Waals surface area contributed by atoms with E-state index in [-0.39, 0.29) is 29.4 Å². The number of allylic oxidation sites excluding steroid dienone is 8. The first-order valence-electron chi connectivity index (χ1n) is 14.9. The molecule has 4 rings (SSSR count). The molecule has 0 amide bonds. The summed E-state index contributed by atoms with van der Waals surface area (Å²) in [5.74, 6) is 5.04. The minimum absolute atomic E-state index is 0.00699. The zero-order valence-corrected chi connectivity index (χ0v) is 27.3. The summed E-state index contributed by atoms with van der Waals surface area (Å²) in [7, 11) is 0. The van der Waals surface area contributed by atoms with Gasteiger partial charge in [0, 0.05) is 23.1 Å². The molecule has 242 valence electrons. The molecule has 0 aromatic heterocycles. The van der Waals surface area contributed by atoms with Crippen molar-refractivity contribution in [1.29, 1.82) is 0 Å². The molecule has 3 unspecified atom stereocenters. The lowest BCUT2D eigenvalue weighted by Crippen LogP contribution is -2.27. The van der Waals surface area contributed by atoms with Crippen LogP contribution in [0.5, 0.6) is 0 Å². The van der Waals surface area contributed by atoms with Crippen molar-refractivity contribution in [3.63, 3.8) is 0 Å². The van der Waals surface area contributed by atoms with Gasteiger partial charge in [-0.05, 0) is 88.1 Å². The minimum atomic E-state index is -4.71. The summed E-state index contributed by atoms with van der Waals surface area (Å²) in [5, 5.41) is 10.5. The maximum Gasteiger partial charge on any atom is 0.573 e. The SMILES string of the molecule is C=C(O)C1=CC(C(Cc2ccc(C)cc2)C(=C)C)=NC2CC=C(C3C=CC(OC(F)(F)F)=CC3)C=C12.C=CN.CC.CC#CC. The summed E-state index contributed by atoms with van der Waals surface area (Å²) >= 11 is 0. The summed E-state index contributed by atoms with van der Waals surface area (Å²) in [6.07, 6.45) is 8.80. The lowest BCUT2D eigenvalue weighted by Gasteiger charge is -2.31. The monoisotopic (exact) mass is 620 g/mol. The van der Waals surface area contributed by atoms with E-state index in [1.807, 2.05) is 46.8 Å². The predicted octanol–water partition coefficient (Wildman–Crippen LogP) is 9.95. The van der Waals surface area contributed by atoms with Gasteiger partial charge in [-0.15, -0.1) is 25.0 Å². The Labute approximate surface area is 267 Å². The lowest BCUT2D eigenvalue weighted by atomic mass is 9.79. The summed E-state index contributed by atoms with van der Waals surface area (Å²) in [6, 6.07) is 8.24. The molecule has 3 N–H and O–H groups in total. The number of nitrogens with two attached hydrogens (primary N) is 1. The van der Waals surface area contributed by atoms with E-state index in [4.69, 9.17) is 4.99 Å². The molecule has 45 heavy (non-hydrogen) atoms. The van der Waals surface area contributed by atoms with E-state index in [1.165, 1.54) is 29.5 Å². The van der Waals surface area contributed by atoms with Crippen LogP contribution in [0.1, 0.15) is 58.6 Å². The van der Waals surface area contributed by atoms with Crippen molar-refractivity contribution in [2.75, 3.05) is 0 Å². The Balaban J connectivity index is 0.00000101. The maximum absolute atomic E-state index is 12.5. The van der Waals surface area contributed by atoms with Gasteiger partial charge >= 0.3 is 6.36 Å². The van der Waals surface area contributed by atoms with E-state index in [0.29, 0.717) is 18.4 Å². The first-order chi connectivity index (χ1) is 21.3. The van der Waals surface area contributed by atoms with Gasteiger partial charge in [-0.3, -0.25) is 4.99 Å². The van der Waals surface area contributed by atoms with Crippen LogP contribution in [-0.4, -0.2) is 23.2 Å². The first kappa shape index (κ1) is 38.6. The number of aryl methyl sites for hydroxylation is 1. The second-order valence-corrected chi connectivity index (χ2v) is 10.3. The standard InChI is InChI=1S/C30H30F3NO2.C4H6.C2H5N.C2H6/c1-18(2)25(15-21-7-5-19(3)6-8-21)29-17-26(20(4)35)27-16-23(11-14-28(27)34-29)22-9-12-24(13-10-22)36-30(31,32)33;1-3-4-2;1-2-3;1-2/h5-9,11-13,16-17,22,25,28,35H,1,4,10,14-15H2,2-3H3;1-2H3;2H,1,3H2;1-2H3. The van der Waals surface area contributed by atoms with Crippen LogP contribution in [0.15, 0.2) is 125 Å². The highest BCUT2D eigenvalue weighted by Gasteiger charge is 2.33. The van der Waals surface area contributed by atoms with Crippen molar-refractivity contribution in [2.45, 2.75) is 73.2 Å². The van der Waals surface area contributed by atoms with Crippen LogP contribution in [0.4, 0.5) is 13.2 Å². The smallest absolute Gasteiger partial charge is 0.508 e. The molecule has 1 heterocycles. The van der Waals surface area contributed by atoms with Crippen LogP contribution in [0.25, 0.3) is 0 Å². The number of aliphatic hydroxyl groups excluding tert-OH is 1. The average Bonchev–Trinajstić information content (AvgIpc) is 3.01. The Morgan fingerprint density at radius 1 is 1.11 bits per heavy atom. The zero-order valence-electron chi connectivity index (χ0n) is 27.3. The molecular weight excluding hydrogens is 573 g/mol. The highest BCUT2D eigenvalue weighted by molar-refractivity contribution is 6.02. The van der Waals surface area contributed by atoms with Gasteiger partial charge in [0.05, 0.1) is 6.04 Å². The molecule has 7 heteroatoms. The van der Waals surface area contributed by atoms with Crippen molar-refractivity contribution in [2.24, 2.45) is 22.6 Å². The number of ether oxygens (including phenoxy) is 1. The average molecular weight is 621 g/mol. The van der Waals surface area contributed by atoms with Crippen molar-refractivity contribution in [3.8, 4) is 11.8 Å². The molecule has 2 aliphatic carbocycles. The van der Waals surface area contributed by atoms with Crippen molar-refractivity contribution >= 4 is 5.71 Å². The molecule has 0 fully saturated rings. The van der Waals surface area contributed by atoms with Gasteiger partial charge in [0.15, 0.2) is 0 Å². The van der Waals surface area contributed by atoms with Gasteiger partial charge in [0.1, 0.15) is 11.5 Å². The molecule has 3 atom stereocenters. The summed E-state index contributed by atoms with van der Waals surface area (Å²) in [4.78, 5) is 5.04. The lowest BCUT2D eigenvalue weighted by molar-refractivity contribution is -0.303. The number of nitrogens with zero attached hydrogens (tertiary/aromatic N) is 1. The molecule has 1 aromatic carbocycles. The topological polar surface area (TPSA) is 67.8 Å². The van der Waals surface area contributed by atoms with Crippen LogP contribution in [0, 0.1) is 30.6 Å². The third-order valence-corrected chi connectivity index (χ3v) is 6.97. The summed E-state index contributed by atoms with van der Waals surface area (Å²) in [6.45, 7) is 22.8. The molecular formula is C38H47F3N2O2. The molecule has 4 nitrogen and oxygen atoms in total. The normalized spacial score (nSPS) is 18.6. The summed E-state index contributed by atoms with van der Waals surface area (Å²) in [5.41, 5.74) is 11.3. The fraction of sp³-hybridized carbons (Fsp3) is 0.342. The number of dihydropyridines is 1. The number of aliphatic imine (C=N–C) groups is 1. The van der Waals surface area contributed by atoms with Crippen molar-refractivity contribution < 1.29 is 23.0 Å². The Morgan fingerprint density at radius 3 is 2.18 bits per heavy atom. The number of fused-ring (bicyclic) bond motifs is 1. The van der Waals surface area contributed by atoms with Gasteiger partial charge in [-0.2, -0.15) is 0 Å². The molecule has 0 saturated carbocycles. The highest BCUT2D eigenvalue weighted by atomic mass is 19.4.